The Bertz CT molecular complexity index is 70.1. The average Bonchev–Trinajstić information content (AvgIpc) is 1.83. The van der Waals surface area contributed by atoms with Gasteiger partial charge in [0, 0.05) is 6.42 Å². The van der Waals surface area contributed by atoms with Gasteiger partial charge in [0.2, 0.25) is 0 Å². The maximum absolute atomic E-state index is 10.2. The van der Waals surface area contributed by atoms with E-state index in [4.69, 9.17) is 5.11 Å². The topological polar surface area (TPSA) is 46.5 Å². The number of ether oxygens (including phenoxy) is 1. The maximum atomic E-state index is 10.2. The van der Waals surface area contributed by atoms with E-state index < -0.39 is 0 Å². The highest BCUT2D eigenvalue weighted by Crippen LogP contribution is 1.85. The van der Waals surface area contributed by atoms with Crippen LogP contribution in [0.3, 0.4) is 0 Å². The van der Waals surface area contributed by atoms with Crippen molar-refractivity contribution in [2.45, 2.75) is 13.3 Å². The third-order valence-electron chi connectivity index (χ3n) is 0.578. The van der Waals surface area contributed by atoms with E-state index in [0.717, 1.165) is 6.61 Å². The van der Waals surface area contributed by atoms with Crippen LogP contribution >= 0.6 is 0 Å². The summed E-state index contributed by atoms with van der Waals surface area (Å²) >= 11 is 0. The monoisotopic (exact) mass is 117 g/mol. The van der Waals surface area contributed by atoms with Crippen LogP contribution in [0.4, 0.5) is 0 Å². The predicted molar refractivity (Wildman–Crippen MR) is 27.8 cm³/mol. The van der Waals surface area contributed by atoms with Crippen LogP contribution in [-0.4, -0.2) is 17.7 Å². The zero-order valence-electron chi connectivity index (χ0n) is 4.76. The van der Waals surface area contributed by atoms with E-state index in [1.54, 1.807) is 6.92 Å². The first-order valence-electron chi connectivity index (χ1n) is 2.43. The van der Waals surface area contributed by atoms with Crippen LogP contribution in [-0.2, 0) is 9.53 Å². The minimum Gasteiger partial charge on any atom is -0.456 e. The maximum Gasteiger partial charge on any atom is 0.305 e. The van der Waals surface area contributed by atoms with Crippen LogP contribution in [0.1, 0.15) is 13.3 Å². The molecule has 47 valence electrons. The molecule has 0 heterocycles. The first kappa shape index (κ1) is 7.43. The summed E-state index contributed by atoms with van der Waals surface area (Å²) in [7, 11) is 0. The van der Waals surface area contributed by atoms with Gasteiger partial charge >= 0.3 is 5.97 Å². The van der Waals surface area contributed by atoms with Crippen molar-refractivity contribution in [2.24, 2.45) is 0 Å². The van der Waals surface area contributed by atoms with Gasteiger partial charge in [-0.1, -0.05) is 6.92 Å². The van der Waals surface area contributed by atoms with Crippen molar-refractivity contribution in [1.29, 1.82) is 0 Å². The number of esters is 1. The number of rotatable bonds is 3. The van der Waals surface area contributed by atoms with Crippen molar-refractivity contribution in [1.82, 2.24) is 0 Å². The van der Waals surface area contributed by atoms with Gasteiger partial charge < -0.3 is 9.84 Å². The SMILES string of the molecule is CCC(=O)O[CH]CO. The Balaban J connectivity index is 2.99. The smallest absolute Gasteiger partial charge is 0.305 e. The van der Waals surface area contributed by atoms with Crippen molar-refractivity contribution in [3.05, 3.63) is 6.61 Å². The molecule has 0 rings (SSSR count). The van der Waals surface area contributed by atoms with Gasteiger partial charge in [-0.3, -0.25) is 4.79 Å². The molecule has 3 heteroatoms. The van der Waals surface area contributed by atoms with E-state index in [2.05, 4.69) is 4.74 Å². The second kappa shape index (κ2) is 4.59. The summed E-state index contributed by atoms with van der Waals surface area (Å²) in [6, 6.07) is 0. The van der Waals surface area contributed by atoms with Crippen LogP contribution < -0.4 is 0 Å². The van der Waals surface area contributed by atoms with Gasteiger partial charge in [0.05, 0.1) is 6.61 Å². The normalized spacial score (nSPS) is 8.75. The largest absolute Gasteiger partial charge is 0.456 e. The predicted octanol–water partition coefficient (Wildman–Crippen LogP) is 0.0937. The lowest BCUT2D eigenvalue weighted by Gasteiger charge is -1.95. The first-order chi connectivity index (χ1) is 3.81. The van der Waals surface area contributed by atoms with Gasteiger partial charge in [0.15, 0.2) is 6.61 Å². The molecule has 0 fully saturated rings. The summed E-state index contributed by atoms with van der Waals surface area (Å²) in [6.07, 6.45) is 0.344. The molecule has 0 aliphatic rings. The minimum absolute atomic E-state index is 0.217. The van der Waals surface area contributed by atoms with E-state index in [9.17, 15) is 4.79 Å². The molecule has 0 aliphatic carbocycles. The van der Waals surface area contributed by atoms with E-state index in [1.165, 1.54) is 0 Å². The fraction of sp³-hybridized carbons (Fsp3) is 0.600. The number of hydrogen-bond donors (Lipinski definition) is 1. The summed E-state index contributed by atoms with van der Waals surface area (Å²) in [6.45, 7) is 2.53. The molecule has 0 bridgehead atoms. The third kappa shape index (κ3) is 3.61. The summed E-state index contributed by atoms with van der Waals surface area (Å²) < 4.78 is 4.33. The van der Waals surface area contributed by atoms with Crippen molar-refractivity contribution >= 4 is 5.97 Å². The van der Waals surface area contributed by atoms with Crippen molar-refractivity contribution in [2.75, 3.05) is 6.61 Å². The van der Waals surface area contributed by atoms with Crippen LogP contribution in [0, 0.1) is 6.61 Å². The van der Waals surface area contributed by atoms with Gasteiger partial charge in [0.25, 0.3) is 0 Å². The third-order valence-corrected chi connectivity index (χ3v) is 0.578. The first-order valence-corrected chi connectivity index (χ1v) is 2.43. The van der Waals surface area contributed by atoms with Crippen molar-refractivity contribution < 1.29 is 14.6 Å². The Labute approximate surface area is 48.3 Å². The van der Waals surface area contributed by atoms with Gasteiger partial charge in [-0.2, -0.15) is 0 Å². The Hall–Kier alpha value is -0.570. The summed E-state index contributed by atoms with van der Waals surface area (Å²) in [5.41, 5.74) is 0. The highest BCUT2D eigenvalue weighted by Gasteiger charge is 1.94. The highest BCUT2D eigenvalue weighted by atomic mass is 16.5. The van der Waals surface area contributed by atoms with Gasteiger partial charge in [-0.15, -0.1) is 0 Å². The molecule has 0 aliphatic heterocycles. The fourth-order valence-corrected chi connectivity index (χ4v) is 0.214. The molecular formula is C5H9O3. The van der Waals surface area contributed by atoms with E-state index in [-0.39, 0.29) is 12.6 Å². The molecule has 3 nitrogen and oxygen atoms in total. The van der Waals surface area contributed by atoms with E-state index in [1.807, 2.05) is 0 Å². The van der Waals surface area contributed by atoms with Crippen LogP contribution in [0.5, 0.6) is 0 Å². The molecule has 0 aromatic heterocycles. The summed E-state index contributed by atoms with van der Waals surface area (Å²) in [4.78, 5) is 10.2. The lowest BCUT2D eigenvalue weighted by atomic mass is 10.5. The number of hydrogen-bond acceptors (Lipinski definition) is 3. The van der Waals surface area contributed by atoms with Crippen LogP contribution in [0.25, 0.3) is 0 Å². The van der Waals surface area contributed by atoms with Crippen molar-refractivity contribution in [3.8, 4) is 0 Å². The molecule has 0 spiro atoms. The molecule has 0 saturated carbocycles. The Morgan fingerprint density at radius 3 is 2.88 bits per heavy atom. The fourth-order valence-electron chi connectivity index (χ4n) is 0.214. The lowest BCUT2D eigenvalue weighted by Crippen LogP contribution is -2.01. The lowest BCUT2D eigenvalue weighted by molar-refractivity contribution is -0.140. The molecule has 1 radical (unpaired) electrons. The standard InChI is InChI=1S/C5H9O3/c1-2-5(7)8-4-3-6/h4,6H,2-3H2,1H3. The number of aliphatic hydroxyl groups excluding tert-OH is 1. The van der Waals surface area contributed by atoms with Crippen LogP contribution in [0.2, 0.25) is 0 Å². The molecule has 0 amide bonds. The second-order valence-electron chi connectivity index (χ2n) is 1.19. The molecule has 0 atom stereocenters. The summed E-state index contributed by atoms with van der Waals surface area (Å²) in [5, 5.41) is 8.08. The average molecular weight is 117 g/mol. The number of aliphatic hydroxyl groups is 1. The molecule has 1 N–H and O–H groups in total. The minimum atomic E-state index is -0.320. The molecule has 0 aromatic rings. The highest BCUT2D eigenvalue weighted by molar-refractivity contribution is 5.69. The Morgan fingerprint density at radius 1 is 1.88 bits per heavy atom. The van der Waals surface area contributed by atoms with Crippen LogP contribution in [0.15, 0.2) is 0 Å². The molecule has 8 heavy (non-hydrogen) atoms. The summed E-state index contributed by atoms with van der Waals surface area (Å²) in [5.74, 6) is -0.320. The number of carbonyl (C=O) groups is 1. The zero-order chi connectivity index (χ0) is 6.41. The second-order valence-corrected chi connectivity index (χ2v) is 1.19. The Morgan fingerprint density at radius 2 is 2.50 bits per heavy atom. The van der Waals surface area contributed by atoms with E-state index in [0.29, 0.717) is 6.42 Å². The molecule has 0 saturated heterocycles. The molecule has 0 aromatic carbocycles. The molecule has 0 unspecified atom stereocenters. The number of carbonyl (C=O) groups excluding carboxylic acids is 1. The quantitative estimate of drug-likeness (QED) is 0.533. The van der Waals surface area contributed by atoms with Gasteiger partial charge in [-0.25, -0.2) is 0 Å². The van der Waals surface area contributed by atoms with E-state index >= 15 is 0 Å². The van der Waals surface area contributed by atoms with Gasteiger partial charge in [-0.05, 0) is 0 Å². The van der Waals surface area contributed by atoms with Gasteiger partial charge in [0.1, 0.15) is 0 Å². The molecular weight excluding hydrogens is 108 g/mol. The zero-order valence-corrected chi connectivity index (χ0v) is 4.76. The van der Waals surface area contributed by atoms with Crippen molar-refractivity contribution in [3.63, 3.8) is 0 Å². The Kier molecular flexibility index (Phi) is 4.26.